The van der Waals surface area contributed by atoms with Crippen LogP contribution in [-0.2, 0) is 0 Å². The number of carbonyl (C=O) groups excluding carboxylic acids is 1. The second-order valence-electron chi connectivity index (χ2n) is 4.75. The Morgan fingerprint density at radius 3 is 2.58 bits per heavy atom. The van der Waals surface area contributed by atoms with Crippen LogP contribution in [0.2, 0.25) is 0 Å². The lowest BCUT2D eigenvalue weighted by atomic mass is 10.1. The molecule has 0 saturated heterocycles. The predicted octanol–water partition coefficient (Wildman–Crippen LogP) is 3.30. The first-order chi connectivity index (χ1) is 9.33. The normalized spacial score (nSPS) is 15.8. The van der Waals surface area contributed by atoms with Gasteiger partial charge in [0.1, 0.15) is 0 Å². The molecular weight excluding hydrogens is 256 g/mol. The van der Waals surface area contributed by atoms with Crippen molar-refractivity contribution in [2.45, 2.75) is 24.9 Å². The van der Waals surface area contributed by atoms with E-state index >= 15 is 0 Å². The number of carbonyl (C=O) groups is 1. The summed E-state index contributed by atoms with van der Waals surface area (Å²) < 4.78 is 0. The Morgan fingerprint density at radius 1 is 1.16 bits per heavy atom. The van der Waals surface area contributed by atoms with Gasteiger partial charge in [-0.3, -0.25) is 0 Å². The fourth-order valence-corrected chi connectivity index (χ4v) is 2.81. The van der Waals surface area contributed by atoms with Crippen LogP contribution in [0.5, 0.6) is 0 Å². The van der Waals surface area contributed by atoms with Crippen molar-refractivity contribution in [1.82, 2.24) is 10.6 Å². The molecule has 3 nitrogen and oxygen atoms in total. The minimum absolute atomic E-state index is 0.0695. The molecule has 1 aliphatic carbocycles. The average Bonchev–Trinajstić information content (AvgIpc) is 3.08. The molecule has 98 valence electrons. The topological polar surface area (TPSA) is 41.1 Å². The molecular formula is C15H16N2OS. The van der Waals surface area contributed by atoms with Crippen LogP contribution >= 0.6 is 11.3 Å². The summed E-state index contributed by atoms with van der Waals surface area (Å²) in [5, 5.41) is 8.07. The summed E-state index contributed by atoms with van der Waals surface area (Å²) in [6, 6.07) is 14.4. The van der Waals surface area contributed by atoms with Gasteiger partial charge in [0.05, 0.1) is 6.04 Å². The number of benzene rings is 1. The third-order valence-electron chi connectivity index (χ3n) is 3.15. The van der Waals surface area contributed by atoms with Gasteiger partial charge in [-0.15, -0.1) is 11.3 Å². The highest BCUT2D eigenvalue weighted by atomic mass is 32.1. The molecule has 4 heteroatoms. The molecule has 3 rings (SSSR count). The molecule has 1 fully saturated rings. The van der Waals surface area contributed by atoms with Gasteiger partial charge in [-0.05, 0) is 29.9 Å². The van der Waals surface area contributed by atoms with Crippen molar-refractivity contribution < 1.29 is 4.79 Å². The van der Waals surface area contributed by atoms with Gasteiger partial charge in [0.2, 0.25) is 0 Å². The van der Waals surface area contributed by atoms with Crippen LogP contribution in [-0.4, -0.2) is 12.1 Å². The zero-order chi connectivity index (χ0) is 13.1. The summed E-state index contributed by atoms with van der Waals surface area (Å²) in [7, 11) is 0. The van der Waals surface area contributed by atoms with Gasteiger partial charge in [-0.2, -0.15) is 0 Å². The van der Waals surface area contributed by atoms with Gasteiger partial charge in [0.25, 0.3) is 0 Å². The van der Waals surface area contributed by atoms with Crippen molar-refractivity contribution in [3.05, 3.63) is 58.3 Å². The third kappa shape index (κ3) is 3.15. The largest absolute Gasteiger partial charge is 0.335 e. The molecule has 1 aromatic heterocycles. The smallest absolute Gasteiger partial charge is 0.315 e. The summed E-state index contributed by atoms with van der Waals surface area (Å²) >= 11 is 1.66. The lowest BCUT2D eigenvalue weighted by molar-refractivity contribution is 0.238. The molecule has 19 heavy (non-hydrogen) atoms. The summed E-state index contributed by atoms with van der Waals surface area (Å²) in [5.41, 5.74) is 1.11. The standard InChI is InChI=1S/C15H16N2OS/c18-15(16-12-8-9-12)17-14(13-7-4-10-19-13)11-5-2-1-3-6-11/h1-7,10,12,14H,8-9H2,(H2,16,17,18). The van der Waals surface area contributed by atoms with E-state index in [2.05, 4.69) is 16.7 Å². The van der Waals surface area contributed by atoms with Crippen molar-refractivity contribution in [2.24, 2.45) is 0 Å². The molecule has 0 aliphatic heterocycles. The molecule has 1 saturated carbocycles. The van der Waals surface area contributed by atoms with Crippen LogP contribution in [0.3, 0.4) is 0 Å². The van der Waals surface area contributed by atoms with E-state index < -0.39 is 0 Å². The Kier molecular flexibility index (Phi) is 3.51. The Bertz CT molecular complexity index is 535. The Balaban J connectivity index is 1.78. The number of urea groups is 1. The SMILES string of the molecule is O=C(NC1CC1)NC(c1ccccc1)c1cccs1. The number of hydrogen-bond acceptors (Lipinski definition) is 2. The highest BCUT2D eigenvalue weighted by Crippen LogP contribution is 2.26. The number of hydrogen-bond donors (Lipinski definition) is 2. The van der Waals surface area contributed by atoms with Crippen LogP contribution in [0.15, 0.2) is 47.8 Å². The first-order valence-corrected chi connectivity index (χ1v) is 7.36. The molecule has 2 amide bonds. The summed E-state index contributed by atoms with van der Waals surface area (Å²) in [6.45, 7) is 0. The number of rotatable bonds is 4. The van der Waals surface area contributed by atoms with Crippen LogP contribution in [0.1, 0.15) is 29.3 Å². The van der Waals surface area contributed by atoms with Gasteiger partial charge in [-0.25, -0.2) is 4.79 Å². The first-order valence-electron chi connectivity index (χ1n) is 6.48. The van der Waals surface area contributed by atoms with E-state index in [1.165, 1.54) is 0 Å². The molecule has 0 radical (unpaired) electrons. The molecule has 0 bridgehead atoms. The Labute approximate surface area is 116 Å². The van der Waals surface area contributed by atoms with Gasteiger partial charge in [0.15, 0.2) is 0 Å². The maximum absolute atomic E-state index is 12.0. The fourth-order valence-electron chi connectivity index (χ4n) is 2.01. The van der Waals surface area contributed by atoms with E-state index in [4.69, 9.17) is 0 Å². The van der Waals surface area contributed by atoms with Crippen molar-refractivity contribution >= 4 is 17.4 Å². The van der Waals surface area contributed by atoms with Crippen molar-refractivity contribution in [3.8, 4) is 0 Å². The average molecular weight is 272 g/mol. The zero-order valence-electron chi connectivity index (χ0n) is 10.5. The van der Waals surface area contributed by atoms with Crippen molar-refractivity contribution in [2.75, 3.05) is 0 Å². The summed E-state index contributed by atoms with van der Waals surface area (Å²) in [4.78, 5) is 13.1. The zero-order valence-corrected chi connectivity index (χ0v) is 11.3. The van der Waals surface area contributed by atoms with E-state index in [9.17, 15) is 4.79 Å². The molecule has 1 heterocycles. The maximum Gasteiger partial charge on any atom is 0.315 e. The Hall–Kier alpha value is -1.81. The van der Waals surface area contributed by atoms with Gasteiger partial charge < -0.3 is 10.6 Å². The van der Waals surface area contributed by atoms with Crippen LogP contribution in [0.25, 0.3) is 0 Å². The van der Waals surface area contributed by atoms with Gasteiger partial charge in [-0.1, -0.05) is 36.4 Å². The van der Waals surface area contributed by atoms with Crippen LogP contribution < -0.4 is 10.6 Å². The lowest BCUT2D eigenvalue weighted by Crippen LogP contribution is -2.39. The molecule has 2 N–H and O–H groups in total. The lowest BCUT2D eigenvalue weighted by Gasteiger charge is -2.18. The van der Waals surface area contributed by atoms with Crippen LogP contribution in [0, 0.1) is 0 Å². The van der Waals surface area contributed by atoms with E-state index in [-0.39, 0.29) is 12.1 Å². The van der Waals surface area contributed by atoms with Gasteiger partial charge >= 0.3 is 6.03 Å². The quantitative estimate of drug-likeness (QED) is 0.881. The Morgan fingerprint density at radius 2 is 1.95 bits per heavy atom. The predicted molar refractivity (Wildman–Crippen MR) is 77.3 cm³/mol. The van der Waals surface area contributed by atoms with Crippen LogP contribution in [0.4, 0.5) is 4.79 Å². The number of nitrogens with one attached hydrogen (secondary N) is 2. The second-order valence-corrected chi connectivity index (χ2v) is 5.73. The molecule has 1 unspecified atom stereocenters. The fraction of sp³-hybridized carbons (Fsp3) is 0.267. The third-order valence-corrected chi connectivity index (χ3v) is 4.09. The first kappa shape index (κ1) is 12.2. The molecule has 0 spiro atoms. The highest BCUT2D eigenvalue weighted by molar-refractivity contribution is 7.10. The summed E-state index contributed by atoms with van der Waals surface area (Å²) in [6.07, 6.45) is 2.20. The minimum atomic E-state index is -0.0789. The number of amides is 2. The van der Waals surface area contributed by atoms with Gasteiger partial charge in [0, 0.05) is 10.9 Å². The molecule has 1 atom stereocenters. The summed E-state index contributed by atoms with van der Waals surface area (Å²) in [5.74, 6) is 0. The number of thiophene rings is 1. The monoisotopic (exact) mass is 272 g/mol. The highest BCUT2D eigenvalue weighted by Gasteiger charge is 2.25. The van der Waals surface area contributed by atoms with Crippen molar-refractivity contribution in [1.29, 1.82) is 0 Å². The van der Waals surface area contributed by atoms with E-state index in [1.54, 1.807) is 11.3 Å². The van der Waals surface area contributed by atoms with Crippen molar-refractivity contribution in [3.63, 3.8) is 0 Å². The van der Waals surface area contributed by atoms with E-state index in [0.29, 0.717) is 6.04 Å². The van der Waals surface area contributed by atoms with E-state index in [0.717, 1.165) is 23.3 Å². The molecule has 1 aliphatic rings. The maximum atomic E-state index is 12.0. The second kappa shape index (κ2) is 5.45. The molecule has 2 aromatic rings. The molecule has 1 aromatic carbocycles. The van der Waals surface area contributed by atoms with E-state index in [1.807, 2.05) is 41.8 Å². The minimum Gasteiger partial charge on any atom is -0.335 e.